The van der Waals surface area contributed by atoms with Crippen molar-refractivity contribution < 1.29 is 74.9 Å². The quantitative estimate of drug-likeness (QED) is 0.0573. The standard InChI is InChI=1S/C15H21N7O7.C11H15N5O4.C10H13N5O5/c1-5(24)7(20-15(16)28)13(27)21-11-8-12(18-3-17-11)22(4-19-8)14-10(26)9(25)6(2-23)29-14;1-12-9-6-10(14-3-13-9)16(4-15-6)11-8(19)7(18)5(2-17)20-11;11-10-13-7-4(8(19)14-10)12-2-15(7)9-6(18)5(17)3(1-16)20-9/h3-7,9-10,14,23-26H,2H2,1H3,(H3,16,20,28)(H,17,18,21,27);3-5,7-8,11,17-19H,2H2,1H3,(H,12,13,14);2-3,5-6,9,16-18H,1H2,(H3,11,13,14,19)/t5?,6-,7?,9-,10-,14-;5-,7-,8-,11-;3-,5-,6-,9-/m111/s1. The maximum absolute atomic E-state index is 12.4. The first-order chi connectivity index (χ1) is 32.9. The highest BCUT2D eigenvalue weighted by Gasteiger charge is 2.46. The number of ether oxygens (including phenoxy) is 3. The molecule has 9 heterocycles. The molecule has 18 N–H and O–H groups in total. The van der Waals surface area contributed by atoms with Gasteiger partial charge in [-0.1, -0.05) is 0 Å². The average Bonchev–Trinajstić information content (AvgIpc) is 4.19. The zero-order valence-electron chi connectivity index (χ0n) is 36.1. The molecule has 0 spiro atoms. The van der Waals surface area contributed by atoms with Crippen molar-refractivity contribution in [3.8, 4) is 0 Å². The minimum Gasteiger partial charge on any atom is -0.394 e. The number of imidazole rings is 3. The lowest BCUT2D eigenvalue weighted by molar-refractivity contribution is -0.120. The van der Waals surface area contributed by atoms with E-state index >= 15 is 0 Å². The fourth-order valence-electron chi connectivity index (χ4n) is 7.56. The number of hydrogen-bond donors (Lipinski definition) is 16. The number of urea groups is 1. The van der Waals surface area contributed by atoms with E-state index in [1.54, 1.807) is 7.05 Å². The van der Waals surface area contributed by atoms with Crippen LogP contribution in [0.2, 0.25) is 0 Å². The summed E-state index contributed by atoms with van der Waals surface area (Å²) in [6.45, 7) is -0.0208. The van der Waals surface area contributed by atoms with Gasteiger partial charge < -0.3 is 92.7 Å². The van der Waals surface area contributed by atoms with Crippen LogP contribution in [0.15, 0.2) is 36.4 Å². The average molecular weight is 976 g/mol. The summed E-state index contributed by atoms with van der Waals surface area (Å²) in [7, 11) is 1.72. The molecule has 3 aliphatic heterocycles. The number of nitrogens with two attached hydrogens (primary N) is 2. The van der Waals surface area contributed by atoms with Gasteiger partial charge in [-0.05, 0) is 6.92 Å². The van der Waals surface area contributed by atoms with Gasteiger partial charge in [-0.3, -0.25) is 28.3 Å². The first-order valence-electron chi connectivity index (χ1n) is 20.6. The van der Waals surface area contributed by atoms with Crippen LogP contribution in [0, 0.1) is 0 Å². The van der Waals surface area contributed by atoms with Gasteiger partial charge in [0.25, 0.3) is 11.5 Å². The van der Waals surface area contributed by atoms with Crippen molar-refractivity contribution in [3.05, 3.63) is 42.0 Å². The number of aliphatic hydroxyl groups excluding tert-OH is 10. The molecule has 0 aliphatic carbocycles. The molecule has 33 heteroatoms. The Hall–Kier alpha value is -6.73. The largest absolute Gasteiger partial charge is 0.394 e. The summed E-state index contributed by atoms with van der Waals surface area (Å²) in [4.78, 5) is 69.7. The normalized spacial score (nSPS) is 28.5. The molecule has 0 saturated carbocycles. The van der Waals surface area contributed by atoms with Crippen LogP contribution in [0.1, 0.15) is 25.6 Å². The maximum Gasteiger partial charge on any atom is 0.312 e. The van der Waals surface area contributed by atoms with Crippen molar-refractivity contribution in [2.24, 2.45) is 5.73 Å². The number of fused-ring (bicyclic) bond motifs is 3. The Morgan fingerprint density at radius 1 is 0.681 bits per heavy atom. The van der Waals surface area contributed by atoms with Crippen LogP contribution in [-0.2, 0) is 19.0 Å². The molecular weight excluding hydrogens is 926 g/mol. The van der Waals surface area contributed by atoms with E-state index in [0.29, 0.717) is 17.0 Å². The number of aromatic nitrogens is 12. The van der Waals surface area contributed by atoms with Crippen LogP contribution in [0.25, 0.3) is 33.5 Å². The van der Waals surface area contributed by atoms with Crippen molar-refractivity contribution in [2.45, 2.75) is 92.7 Å². The van der Waals surface area contributed by atoms with E-state index in [1.165, 1.54) is 45.9 Å². The highest BCUT2D eigenvalue weighted by Crippen LogP contribution is 2.34. The van der Waals surface area contributed by atoms with Crippen LogP contribution in [0.3, 0.4) is 0 Å². The fourth-order valence-corrected chi connectivity index (χ4v) is 7.56. The highest BCUT2D eigenvalue weighted by atomic mass is 16.6. The summed E-state index contributed by atoms with van der Waals surface area (Å²) in [6, 6.07) is -2.33. The molecule has 0 aromatic carbocycles. The molecule has 374 valence electrons. The molecule has 69 heavy (non-hydrogen) atoms. The van der Waals surface area contributed by atoms with Gasteiger partial charge in [-0.25, -0.2) is 39.7 Å². The zero-order chi connectivity index (χ0) is 50.0. The predicted molar refractivity (Wildman–Crippen MR) is 229 cm³/mol. The highest BCUT2D eigenvalue weighted by molar-refractivity contribution is 6.01. The molecule has 3 saturated heterocycles. The molecule has 2 unspecified atom stereocenters. The Morgan fingerprint density at radius 2 is 1.10 bits per heavy atom. The fraction of sp³-hybridized carbons (Fsp3) is 0.528. The smallest absolute Gasteiger partial charge is 0.312 e. The molecular formula is C36H49N17O16. The van der Waals surface area contributed by atoms with Crippen LogP contribution in [0.5, 0.6) is 0 Å². The third-order valence-corrected chi connectivity index (χ3v) is 11.1. The Bertz CT molecular complexity index is 2810. The molecule has 3 fully saturated rings. The zero-order valence-corrected chi connectivity index (χ0v) is 36.1. The van der Waals surface area contributed by atoms with Gasteiger partial charge in [0.1, 0.15) is 79.1 Å². The number of anilines is 3. The van der Waals surface area contributed by atoms with E-state index in [0.717, 1.165) is 6.33 Å². The molecule has 3 amide bonds. The number of primary amides is 1. The van der Waals surface area contributed by atoms with Gasteiger partial charge in [0.15, 0.2) is 58.3 Å². The number of nitrogens with zero attached hydrogens (tertiary/aromatic N) is 11. The van der Waals surface area contributed by atoms with Crippen LogP contribution in [0.4, 0.5) is 22.4 Å². The number of hydrogen-bond acceptors (Lipinski definition) is 26. The first-order valence-corrected chi connectivity index (χ1v) is 20.6. The van der Waals surface area contributed by atoms with Gasteiger partial charge in [0.2, 0.25) is 5.95 Å². The van der Waals surface area contributed by atoms with Gasteiger partial charge in [-0.2, -0.15) is 4.98 Å². The maximum atomic E-state index is 12.4. The number of carbonyl (C=O) groups is 2. The third-order valence-electron chi connectivity index (χ3n) is 11.1. The molecule has 6 aromatic heterocycles. The lowest BCUT2D eigenvalue weighted by Gasteiger charge is -2.19. The number of carbonyl (C=O) groups excluding carboxylic acids is 2. The Kier molecular flexibility index (Phi) is 15.2. The number of aliphatic hydroxyl groups is 10. The minimum atomic E-state index is -1.35. The van der Waals surface area contributed by atoms with Crippen molar-refractivity contribution in [2.75, 3.05) is 43.2 Å². The third kappa shape index (κ3) is 9.79. The monoisotopic (exact) mass is 975 g/mol. The lowest BCUT2D eigenvalue weighted by atomic mass is 10.1. The summed E-state index contributed by atoms with van der Waals surface area (Å²) in [6.07, 6.45) is -7.98. The van der Waals surface area contributed by atoms with Crippen molar-refractivity contribution in [1.29, 1.82) is 0 Å². The summed E-state index contributed by atoms with van der Waals surface area (Å²) in [5.74, 6) is -0.361. The van der Waals surface area contributed by atoms with Crippen molar-refractivity contribution in [1.82, 2.24) is 63.9 Å². The SMILES string of the molecule is CC(O)C(NC(N)=O)C(=O)Nc1ncnc2c1ncn2[C@@H]1O[C@H](CO)[C@@H](O)[C@H]1O.CNc1ncnc2c1ncn2[C@@H]1O[C@H](CO)[C@@H](O)[C@H]1O.Nc1nc2c(ncn2[C@@H]2O[C@H](CO)[C@@H](O)[C@H]2O)c(=O)[nH]1. The van der Waals surface area contributed by atoms with Gasteiger partial charge in [0, 0.05) is 7.05 Å². The molecule has 33 nitrogen and oxygen atoms in total. The van der Waals surface area contributed by atoms with E-state index in [-0.39, 0.29) is 40.7 Å². The second-order valence-corrected chi connectivity index (χ2v) is 15.5. The molecule has 3 aliphatic rings. The number of nitrogens with one attached hydrogen (secondary N) is 4. The second-order valence-electron chi connectivity index (χ2n) is 15.5. The molecule has 0 bridgehead atoms. The Balaban J connectivity index is 0.000000157. The van der Waals surface area contributed by atoms with E-state index in [4.69, 9.17) is 35.9 Å². The minimum absolute atomic E-state index is 0.0255. The van der Waals surface area contributed by atoms with Crippen LogP contribution in [-0.4, -0.2) is 216 Å². The van der Waals surface area contributed by atoms with E-state index in [2.05, 4.69) is 60.8 Å². The summed E-state index contributed by atoms with van der Waals surface area (Å²) in [5.41, 5.74) is 11.4. The Morgan fingerprint density at radius 3 is 1.51 bits per heavy atom. The van der Waals surface area contributed by atoms with E-state index in [1.807, 2.05) is 0 Å². The summed E-state index contributed by atoms with van der Waals surface area (Å²) >= 11 is 0. The predicted octanol–water partition coefficient (Wildman–Crippen LogP) is -7.41. The number of H-pyrrole nitrogens is 1. The Labute approximate surface area is 385 Å². The number of amides is 3. The lowest BCUT2D eigenvalue weighted by Crippen LogP contribution is -2.51. The van der Waals surface area contributed by atoms with E-state index in [9.17, 15) is 55.2 Å². The second kappa shape index (κ2) is 20.9. The van der Waals surface area contributed by atoms with Crippen LogP contribution < -0.4 is 33.0 Å². The summed E-state index contributed by atoms with van der Waals surface area (Å²) < 4.78 is 20.4. The number of rotatable bonds is 11. The topological polar surface area (TPSA) is 503 Å². The molecule has 9 rings (SSSR count). The van der Waals surface area contributed by atoms with Crippen molar-refractivity contribution in [3.63, 3.8) is 0 Å². The van der Waals surface area contributed by atoms with Gasteiger partial charge >= 0.3 is 6.03 Å². The molecule has 0 radical (unpaired) electrons. The van der Waals surface area contributed by atoms with Crippen molar-refractivity contribution >= 4 is 63.0 Å². The molecule has 14 atom stereocenters. The van der Waals surface area contributed by atoms with Gasteiger partial charge in [-0.15, -0.1) is 0 Å². The van der Waals surface area contributed by atoms with Crippen LogP contribution >= 0.6 is 0 Å². The number of nitrogen functional groups attached to an aromatic ring is 1. The first kappa shape index (κ1) is 50.2. The van der Waals surface area contributed by atoms with E-state index < -0.39 is 116 Å². The van der Waals surface area contributed by atoms with Gasteiger partial charge in [0.05, 0.1) is 44.9 Å². The number of aromatic amines is 1. The summed E-state index contributed by atoms with van der Waals surface area (Å²) in [5, 5.41) is 104. The molecule has 6 aromatic rings.